The molecule has 0 fully saturated rings. The Labute approximate surface area is 154 Å². The number of phenols is 2. The molecule has 3 aromatic rings. The van der Waals surface area contributed by atoms with E-state index in [9.17, 15) is 10.2 Å². The minimum atomic E-state index is -0.363. The second-order valence-corrected chi connectivity index (χ2v) is 6.30. The van der Waals surface area contributed by atoms with Crippen LogP contribution in [0.3, 0.4) is 0 Å². The van der Waals surface area contributed by atoms with Gasteiger partial charge in [-0.05, 0) is 13.0 Å². The van der Waals surface area contributed by atoms with Crippen molar-refractivity contribution in [3.8, 4) is 11.5 Å². The first-order valence-electron chi connectivity index (χ1n) is 7.87. The number of nitrogens with one attached hydrogen (secondary N) is 2. The molecule has 0 saturated heterocycles. The van der Waals surface area contributed by atoms with Crippen LogP contribution < -0.4 is 16.4 Å². The number of fused-ring (bicyclic) bond motifs is 1. The van der Waals surface area contributed by atoms with E-state index in [1.165, 1.54) is 10.7 Å². The van der Waals surface area contributed by atoms with Gasteiger partial charge in [0, 0.05) is 31.7 Å². The summed E-state index contributed by atoms with van der Waals surface area (Å²) in [6, 6.07) is 3.04. The van der Waals surface area contributed by atoms with Gasteiger partial charge in [-0.25, -0.2) is 4.68 Å². The van der Waals surface area contributed by atoms with Gasteiger partial charge in [0.05, 0.1) is 5.02 Å². The Kier molecular flexibility index (Phi) is 4.96. The van der Waals surface area contributed by atoms with Crippen molar-refractivity contribution in [2.45, 2.75) is 19.5 Å². The van der Waals surface area contributed by atoms with Crippen molar-refractivity contribution < 1.29 is 10.2 Å². The molecule has 138 valence electrons. The number of hydrogen-bond donors (Lipinski definition) is 5. The van der Waals surface area contributed by atoms with Crippen LogP contribution in [-0.4, -0.2) is 47.8 Å². The van der Waals surface area contributed by atoms with Gasteiger partial charge in [-0.15, -0.1) is 5.10 Å². The third-order valence-corrected chi connectivity index (χ3v) is 3.97. The lowest BCUT2D eigenvalue weighted by atomic mass is 10.2. The van der Waals surface area contributed by atoms with Crippen LogP contribution in [0.15, 0.2) is 12.1 Å². The van der Waals surface area contributed by atoms with Gasteiger partial charge in [0.2, 0.25) is 5.95 Å². The number of halogens is 1. The van der Waals surface area contributed by atoms with E-state index in [0.717, 1.165) is 0 Å². The van der Waals surface area contributed by atoms with Crippen molar-refractivity contribution in [3.63, 3.8) is 0 Å². The maximum Gasteiger partial charge on any atom is 0.226 e. The van der Waals surface area contributed by atoms with Crippen LogP contribution in [0, 0.1) is 0 Å². The summed E-state index contributed by atoms with van der Waals surface area (Å²) in [5.74, 6) is 0.164. The molecule has 0 amide bonds. The normalized spacial score (nSPS) is 12.3. The summed E-state index contributed by atoms with van der Waals surface area (Å²) >= 11 is 5.77. The van der Waals surface area contributed by atoms with Gasteiger partial charge in [0.1, 0.15) is 0 Å². The SMILES string of the molecule is CC(N)CNc1nc(NCc2ccc(Cl)c(O)c2O)c2nnn(C)c2n1. The number of phenolic OH excluding ortho intramolecular Hbond substituents is 2. The number of nitrogens with zero attached hydrogens (tertiary/aromatic N) is 5. The molecular formula is C15H19ClN8O2. The smallest absolute Gasteiger partial charge is 0.226 e. The highest BCUT2D eigenvalue weighted by molar-refractivity contribution is 6.32. The first-order chi connectivity index (χ1) is 12.4. The average Bonchev–Trinajstić information content (AvgIpc) is 2.98. The van der Waals surface area contributed by atoms with Crippen molar-refractivity contribution in [3.05, 3.63) is 22.7 Å². The molecule has 2 heterocycles. The van der Waals surface area contributed by atoms with E-state index in [0.29, 0.717) is 35.0 Å². The molecule has 0 aliphatic heterocycles. The quantitative estimate of drug-likeness (QED) is 0.399. The summed E-state index contributed by atoms with van der Waals surface area (Å²) in [5.41, 5.74) is 7.23. The van der Waals surface area contributed by atoms with Gasteiger partial charge in [-0.1, -0.05) is 22.9 Å². The van der Waals surface area contributed by atoms with Crippen molar-refractivity contribution in [2.24, 2.45) is 12.8 Å². The maximum absolute atomic E-state index is 10.0. The van der Waals surface area contributed by atoms with Crippen molar-refractivity contribution in [2.75, 3.05) is 17.2 Å². The van der Waals surface area contributed by atoms with Crippen molar-refractivity contribution in [1.29, 1.82) is 0 Å². The van der Waals surface area contributed by atoms with Crippen LogP contribution >= 0.6 is 11.6 Å². The monoisotopic (exact) mass is 378 g/mol. The molecule has 3 rings (SSSR count). The zero-order chi connectivity index (χ0) is 18.8. The fraction of sp³-hybridized carbons (Fsp3) is 0.333. The number of nitrogens with two attached hydrogens (primary N) is 1. The summed E-state index contributed by atoms with van der Waals surface area (Å²) in [7, 11) is 1.73. The van der Waals surface area contributed by atoms with E-state index in [-0.39, 0.29) is 29.1 Å². The largest absolute Gasteiger partial charge is 0.504 e. The fourth-order valence-corrected chi connectivity index (χ4v) is 2.44. The van der Waals surface area contributed by atoms with E-state index in [1.54, 1.807) is 13.1 Å². The van der Waals surface area contributed by atoms with Gasteiger partial charge in [-0.2, -0.15) is 9.97 Å². The Hall–Kier alpha value is -2.85. The van der Waals surface area contributed by atoms with Crippen molar-refractivity contribution >= 4 is 34.5 Å². The summed E-state index contributed by atoms with van der Waals surface area (Å²) in [4.78, 5) is 8.77. The Balaban J connectivity index is 1.90. The van der Waals surface area contributed by atoms with E-state index in [4.69, 9.17) is 17.3 Å². The fourth-order valence-electron chi connectivity index (χ4n) is 2.29. The molecule has 0 radical (unpaired) electrons. The lowest BCUT2D eigenvalue weighted by Crippen LogP contribution is -2.26. The molecule has 11 heteroatoms. The molecular weight excluding hydrogens is 360 g/mol. The minimum Gasteiger partial charge on any atom is -0.504 e. The molecule has 6 N–H and O–H groups in total. The standard InChI is InChI=1S/C15H19ClN8O2/c1-7(17)5-19-15-20-13(10-14(21-15)24(2)23-22-10)18-6-8-3-4-9(16)12(26)11(8)25/h3-4,7,25-26H,5-6,17H2,1-2H3,(H2,18,19,20,21). The van der Waals surface area contributed by atoms with Crippen LogP contribution in [0.25, 0.3) is 11.2 Å². The van der Waals surface area contributed by atoms with Crippen molar-refractivity contribution in [1.82, 2.24) is 25.0 Å². The third kappa shape index (κ3) is 3.55. The zero-order valence-electron chi connectivity index (χ0n) is 14.2. The first kappa shape index (κ1) is 18.0. The van der Waals surface area contributed by atoms with Gasteiger partial charge in [0.15, 0.2) is 28.5 Å². The molecule has 1 atom stereocenters. The highest BCUT2D eigenvalue weighted by Gasteiger charge is 2.15. The van der Waals surface area contributed by atoms with Crippen LogP contribution in [0.1, 0.15) is 12.5 Å². The third-order valence-electron chi connectivity index (χ3n) is 3.66. The number of benzene rings is 1. The van der Waals surface area contributed by atoms with E-state index in [1.807, 2.05) is 6.92 Å². The molecule has 0 aliphatic carbocycles. The highest BCUT2D eigenvalue weighted by atomic mass is 35.5. The molecule has 26 heavy (non-hydrogen) atoms. The van der Waals surface area contributed by atoms with Crippen LogP contribution in [0.5, 0.6) is 11.5 Å². The van der Waals surface area contributed by atoms with Gasteiger partial charge >= 0.3 is 0 Å². The molecule has 2 aromatic heterocycles. The molecule has 0 bridgehead atoms. The van der Waals surface area contributed by atoms with E-state index < -0.39 is 0 Å². The number of rotatable bonds is 6. The number of aromatic hydroxyl groups is 2. The Morgan fingerprint density at radius 2 is 2.00 bits per heavy atom. The zero-order valence-corrected chi connectivity index (χ0v) is 15.0. The van der Waals surface area contributed by atoms with Crippen LogP contribution in [0.2, 0.25) is 5.02 Å². The molecule has 0 aliphatic rings. The van der Waals surface area contributed by atoms with Crippen LogP contribution in [0.4, 0.5) is 11.8 Å². The second kappa shape index (κ2) is 7.18. The molecule has 1 unspecified atom stereocenters. The van der Waals surface area contributed by atoms with Gasteiger partial charge < -0.3 is 26.6 Å². The molecule has 0 spiro atoms. The number of aryl methyl sites for hydroxylation is 1. The highest BCUT2D eigenvalue weighted by Crippen LogP contribution is 2.36. The van der Waals surface area contributed by atoms with E-state index >= 15 is 0 Å². The summed E-state index contributed by atoms with van der Waals surface area (Å²) in [5, 5.41) is 34.0. The lowest BCUT2D eigenvalue weighted by molar-refractivity contribution is 0.400. The lowest BCUT2D eigenvalue weighted by Gasteiger charge is -2.12. The predicted octanol–water partition coefficient (Wildman–Crippen LogP) is 1.19. The van der Waals surface area contributed by atoms with Crippen LogP contribution in [-0.2, 0) is 13.6 Å². The van der Waals surface area contributed by atoms with Gasteiger partial charge in [0.25, 0.3) is 0 Å². The van der Waals surface area contributed by atoms with E-state index in [2.05, 4.69) is 30.9 Å². The Bertz CT molecular complexity index is 943. The average molecular weight is 379 g/mol. The Morgan fingerprint density at radius 3 is 2.73 bits per heavy atom. The molecule has 1 aromatic carbocycles. The maximum atomic E-state index is 10.0. The predicted molar refractivity (Wildman–Crippen MR) is 98.3 cm³/mol. The Morgan fingerprint density at radius 1 is 1.23 bits per heavy atom. The number of anilines is 2. The van der Waals surface area contributed by atoms with Gasteiger partial charge in [-0.3, -0.25) is 0 Å². The molecule has 10 nitrogen and oxygen atoms in total. The molecule has 0 saturated carbocycles. The summed E-state index contributed by atoms with van der Waals surface area (Å²) in [6.07, 6.45) is 0. The number of aromatic nitrogens is 5. The topological polar surface area (TPSA) is 147 Å². The summed E-state index contributed by atoms with van der Waals surface area (Å²) in [6.45, 7) is 2.56. The second-order valence-electron chi connectivity index (χ2n) is 5.90. The summed E-state index contributed by atoms with van der Waals surface area (Å²) < 4.78 is 1.53. The number of hydrogen-bond acceptors (Lipinski definition) is 9. The first-order valence-corrected chi connectivity index (χ1v) is 8.24. The minimum absolute atomic E-state index is 0.0654.